The maximum Gasteiger partial charge on any atom is 0.230 e. The molecule has 0 bridgehead atoms. The van der Waals surface area contributed by atoms with E-state index in [1.165, 1.54) is 0 Å². The molecule has 3 unspecified atom stereocenters. The van der Waals surface area contributed by atoms with Gasteiger partial charge in [-0.15, -0.1) is 0 Å². The van der Waals surface area contributed by atoms with Crippen LogP contribution in [0.4, 0.5) is 0 Å². The molecular formula is C21H26ClNO3. The van der Waals surface area contributed by atoms with E-state index in [-0.39, 0.29) is 23.8 Å². The number of carbonyl (C=O) groups is 2. The number of likely N-dealkylation sites (tertiary alicyclic amines) is 1. The number of ketones is 1. The number of hydrogen-bond donors (Lipinski definition) is 1. The Balaban J connectivity index is 1.69. The number of aliphatic hydroxyl groups excluding tert-OH is 1. The van der Waals surface area contributed by atoms with Gasteiger partial charge in [0.15, 0.2) is 0 Å². The molecule has 3 fully saturated rings. The van der Waals surface area contributed by atoms with Gasteiger partial charge in [-0.3, -0.25) is 9.59 Å². The summed E-state index contributed by atoms with van der Waals surface area (Å²) >= 11 is 6.04. The number of hydrogen-bond acceptors (Lipinski definition) is 3. The third-order valence-electron chi connectivity index (χ3n) is 6.52. The highest BCUT2D eigenvalue weighted by Crippen LogP contribution is 2.52. The smallest absolute Gasteiger partial charge is 0.230 e. The number of halogens is 1. The Labute approximate surface area is 159 Å². The summed E-state index contributed by atoms with van der Waals surface area (Å²) in [5, 5.41) is 11.5. The van der Waals surface area contributed by atoms with Gasteiger partial charge in [-0.1, -0.05) is 30.7 Å². The lowest BCUT2D eigenvalue weighted by atomic mass is 9.61. The van der Waals surface area contributed by atoms with Crippen molar-refractivity contribution in [3.05, 3.63) is 34.9 Å². The lowest BCUT2D eigenvalue weighted by molar-refractivity contribution is -0.169. The summed E-state index contributed by atoms with van der Waals surface area (Å²) in [5.74, 6) is 0.549. The van der Waals surface area contributed by atoms with Crippen molar-refractivity contribution in [2.45, 2.75) is 70.1 Å². The Bertz CT molecular complexity index is 704. The second-order valence-electron chi connectivity index (χ2n) is 8.29. The SMILES string of the molecule is CCC(C(O)C1CC1)N1C(=O)C2(CCC1c1ccc(Cl)cc1)CC(=O)C2. The average Bonchev–Trinajstić information content (AvgIpc) is 3.43. The second kappa shape index (κ2) is 6.65. The van der Waals surface area contributed by atoms with Crippen LogP contribution in [0.5, 0.6) is 0 Å². The molecule has 1 amide bonds. The van der Waals surface area contributed by atoms with Crippen molar-refractivity contribution in [2.24, 2.45) is 11.3 Å². The highest BCUT2D eigenvalue weighted by molar-refractivity contribution is 6.30. The van der Waals surface area contributed by atoms with Gasteiger partial charge in [-0.05, 0) is 55.7 Å². The summed E-state index contributed by atoms with van der Waals surface area (Å²) < 4.78 is 0. The summed E-state index contributed by atoms with van der Waals surface area (Å²) in [4.78, 5) is 27.1. The first-order valence-electron chi connectivity index (χ1n) is 9.73. The lowest BCUT2D eigenvalue weighted by Crippen LogP contribution is -2.60. The van der Waals surface area contributed by atoms with Gasteiger partial charge in [0.1, 0.15) is 5.78 Å². The minimum atomic E-state index is -0.517. The predicted octanol–water partition coefficient (Wildman–Crippen LogP) is 3.90. The Morgan fingerprint density at radius 2 is 1.85 bits per heavy atom. The fourth-order valence-corrected chi connectivity index (χ4v) is 4.98. The molecular weight excluding hydrogens is 350 g/mol. The van der Waals surface area contributed by atoms with Gasteiger partial charge in [0, 0.05) is 17.9 Å². The zero-order chi connectivity index (χ0) is 18.5. The van der Waals surface area contributed by atoms with Gasteiger partial charge in [0.25, 0.3) is 0 Å². The van der Waals surface area contributed by atoms with Gasteiger partial charge in [0.05, 0.1) is 23.6 Å². The number of carbonyl (C=O) groups excluding carboxylic acids is 2. The predicted molar refractivity (Wildman–Crippen MR) is 99.8 cm³/mol. The number of nitrogens with zero attached hydrogens (tertiary/aromatic N) is 1. The maximum atomic E-state index is 13.5. The van der Waals surface area contributed by atoms with Crippen LogP contribution in [0, 0.1) is 11.3 Å². The molecule has 140 valence electrons. The van der Waals surface area contributed by atoms with Crippen molar-refractivity contribution < 1.29 is 14.7 Å². The minimum Gasteiger partial charge on any atom is -0.391 e. The van der Waals surface area contributed by atoms with E-state index in [0.29, 0.717) is 23.8 Å². The van der Waals surface area contributed by atoms with Crippen LogP contribution in [0.25, 0.3) is 0 Å². The van der Waals surface area contributed by atoms with E-state index in [0.717, 1.165) is 37.7 Å². The normalized spacial score (nSPS) is 27.3. The largest absolute Gasteiger partial charge is 0.391 e. The summed E-state index contributed by atoms with van der Waals surface area (Å²) in [5.41, 5.74) is 0.543. The number of Topliss-reactive ketones (excluding diaryl/α,β-unsaturated/α-hetero) is 1. The zero-order valence-electron chi connectivity index (χ0n) is 15.2. The molecule has 26 heavy (non-hydrogen) atoms. The van der Waals surface area contributed by atoms with E-state index in [9.17, 15) is 14.7 Å². The molecule has 1 N–H and O–H groups in total. The van der Waals surface area contributed by atoms with E-state index in [4.69, 9.17) is 11.6 Å². The van der Waals surface area contributed by atoms with Crippen molar-refractivity contribution in [1.82, 2.24) is 4.90 Å². The summed E-state index contributed by atoms with van der Waals surface area (Å²) in [7, 11) is 0. The highest BCUT2D eigenvalue weighted by atomic mass is 35.5. The van der Waals surface area contributed by atoms with Crippen LogP contribution >= 0.6 is 11.6 Å². The van der Waals surface area contributed by atoms with Crippen LogP contribution in [0.15, 0.2) is 24.3 Å². The van der Waals surface area contributed by atoms with Crippen LogP contribution < -0.4 is 0 Å². The number of piperidine rings is 1. The monoisotopic (exact) mass is 375 g/mol. The van der Waals surface area contributed by atoms with Gasteiger partial charge in [-0.25, -0.2) is 0 Å². The summed E-state index contributed by atoms with van der Waals surface area (Å²) in [6.45, 7) is 2.04. The molecule has 1 saturated heterocycles. The van der Waals surface area contributed by atoms with Gasteiger partial charge in [0.2, 0.25) is 5.91 Å². The topological polar surface area (TPSA) is 57.6 Å². The molecule has 0 aromatic heterocycles. The third kappa shape index (κ3) is 2.97. The molecule has 1 aromatic carbocycles. The number of rotatable bonds is 5. The van der Waals surface area contributed by atoms with E-state index in [1.807, 2.05) is 36.1 Å². The van der Waals surface area contributed by atoms with E-state index >= 15 is 0 Å². The van der Waals surface area contributed by atoms with Gasteiger partial charge < -0.3 is 10.0 Å². The number of aliphatic hydroxyl groups is 1. The molecule has 2 aliphatic carbocycles. The average molecular weight is 376 g/mol. The molecule has 0 radical (unpaired) electrons. The molecule has 1 heterocycles. The first-order valence-corrected chi connectivity index (χ1v) is 10.1. The van der Waals surface area contributed by atoms with E-state index in [2.05, 4.69) is 0 Å². The Morgan fingerprint density at radius 3 is 2.38 bits per heavy atom. The molecule has 4 rings (SSSR count). The minimum absolute atomic E-state index is 0.0561. The van der Waals surface area contributed by atoms with E-state index in [1.54, 1.807) is 0 Å². The first-order chi connectivity index (χ1) is 12.4. The summed E-state index contributed by atoms with van der Waals surface area (Å²) in [6, 6.07) is 7.42. The van der Waals surface area contributed by atoms with Crippen molar-refractivity contribution >= 4 is 23.3 Å². The van der Waals surface area contributed by atoms with Crippen LogP contribution in [0.3, 0.4) is 0 Å². The molecule has 3 aliphatic rings. The number of amides is 1. The lowest BCUT2D eigenvalue weighted by Gasteiger charge is -2.53. The van der Waals surface area contributed by atoms with Crippen LogP contribution in [-0.4, -0.2) is 33.8 Å². The Hall–Kier alpha value is -1.39. The van der Waals surface area contributed by atoms with Crippen molar-refractivity contribution in [3.8, 4) is 0 Å². The zero-order valence-corrected chi connectivity index (χ0v) is 15.9. The number of benzene rings is 1. The standard InChI is InChI=1S/C21H26ClNO3/c1-2-17(19(25)14-3-4-14)23-18(13-5-7-15(22)8-6-13)9-10-21(20(23)26)11-16(24)12-21/h5-8,14,17-19,25H,2-4,9-12H2,1H3. The Kier molecular flexibility index (Phi) is 4.60. The fraction of sp³-hybridized carbons (Fsp3) is 0.619. The highest BCUT2D eigenvalue weighted by Gasteiger charge is 2.57. The van der Waals surface area contributed by atoms with Crippen molar-refractivity contribution in [2.75, 3.05) is 0 Å². The first kappa shape index (κ1) is 18.0. The van der Waals surface area contributed by atoms with Crippen molar-refractivity contribution in [1.29, 1.82) is 0 Å². The maximum absolute atomic E-state index is 13.5. The third-order valence-corrected chi connectivity index (χ3v) is 6.77. The van der Waals surface area contributed by atoms with Crippen LogP contribution in [-0.2, 0) is 9.59 Å². The molecule has 3 atom stereocenters. The van der Waals surface area contributed by atoms with Gasteiger partial charge in [-0.2, -0.15) is 0 Å². The Morgan fingerprint density at radius 1 is 1.19 bits per heavy atom. The molecule has 1 aliphatic heterocycles. The second-order valence-corrected chi connectivity index (χ2v) is 8.73. The fourth-order valence-electron chi connectivity index (χ4n) is 4.85. The van der Waals surface area contributed by atoms with Crippen LogP contribution in [0.2, 0.25) is 5.02 Å². The molecule has 1 aromatic rings. The molecule has 2 saturated carbocycles. The molecule has 4 nitrogen and oxygen atoms in total. The van der Waals surface area contributed by atoms with E-state index < -0.39 is 11.5 Å². The van der Waals surface area contributed by atoms with Crippen molar-refractivity contribution in [3.63, 3.8) is 0 Å². The quantitative estimate of drug-likeness (QED) is 0.849. The molecule has 1 spiro atoms. The van der Waals surface area contributed by atoms with Gasteiger partial charge >= 0.3 is 0 Å². The summed E-state index contributed by atoms with van der Waals surface area (Å²) in [6.07, 6.45) is 4.62. The van der Waals surface area contributed by atoms with Crippen LogP contribution in [0.1, 0.15) is 63.5 Å². The molecule has 5 heteroatoms.